The largest absolute Gasteiger partial charge is 0.318 e. The number of aryl methyl sites for hydroxylation is 1. The first-order valence-corrected chi connectivity index (χ1v) is 6.97. The molecule has 2 aromatic rings. The van der Waals surface area contributed by atoms with Gasteiger partial charge in [0.05, 0.1) is 5.54 Å². The summed E-state index contributed by atoms with van der Waals surface area (Å²) in [6, 6.07) is 16.7. The van der Waals surface area contributed by atoms with Gasteiger partial charge in [0.25, 0.3) is 0 Å². The topological polar surface area (TPSA) is 26.0 Å². The zero-order chi connectivity index (χ0) is 13.2. The van der Waals surface area contributed by atoms with Gasteiger partial charge < -0.3 is 5.73 Å². The Kier molecular flexibility index (Phi) is 3.88. The minimum absolute atomic E-state index is 0.462. The molecule has 1 nitrogen and oxygen atoms in total. The molecule has 0 aliphatic heterocycles. The Morgan fingerprint density at radius 1 is 1.06 bits per heavy atom. The molecule has 2 aromatic carbocycles. The molecule has 0 aromatic heterocycles. The van der Waals surface area contributed by atoms with Crippen LogP contribution in [0.4, 0.5) is 0 Å². The lowest BCUT2D eigenvalue weighted by Crippen LogP contribution is -2.34. The van der Waals surface area contributed by atoms with Crippen LogP contribution in [0.25, 0.3) is 0 Å². The van der Waals surface area contributed by atoms with Gasteiger partial charge in [0.15, 0.2) is 0 Å². The van der Waals surface area contributed by atoms with Crippen LogP contribution >= 0.6 is 15.9 Å². The van der Waals surface area contributed by atoms with Gasteiger partial charge in [-0.3, -0.25) is 0 Å². The minimum Gasteiger partial charge on any atom is -0.318 e. The third-order valence-corrected chi connectivity index (χ3v) is 3.88. The molecule has 0 aliphatic carbocycles. The molecule has 2 rings (SSSR count). The summed E-state index contributed by atoms with van der Waals surface area (Å²) in [6.45, 7) is 4.21. The van der Waals surface area contributed by atoms with Crippen LogP contribution in [0.3, 0.4) is 0 Å². The van der Waals surface area contributed by atoms with Crippen LogP contribution < -0.4 is 5.73 Å². The molecular weight excluding hydrogens is 286 g/mol. The van der Waals surface area contributed by atoms with Crippen molar-refractivity contribution in [3.05, 3.63) is 69.7 Å². The Bertz CT molecular complexity index is 529. The minimum atomic E-state index is -0.462. The van der Waals surface area contributed by atoms with Gasteiger partial charge in [-0.25, -0.2) is 0 Å². The van der Waals surface area contributed by atoms with Gasteiger partial charge in [-0.05, 0) is 42.2 Å². The van der Waals surface area contributed by atoms with Gasteiger partial charge in [0, 0.05) is 4.47 Å². The summed E-state index contributed by atoms with van der Waals surface area (Å²) in [5.74, 6) is 0. The zero-order valence-electron chi connectivity index (χ0n) is 10.8. The van der Waals surface area contributed by atoms with E-state index >= 15 is 0 Å². The van der Waals surface area contributed by atoms with Crippen molar-refractivity contribution >= 4 is 15.9 Å². The molecule has 2 N–H and O–H groups in total. The smallest absolute Gasteiger partial charge is 0.0637 e. The first kappa shape index (κ1) is 13.3. The maximum Gasteiger partial charge on any atom is 0.0637 e. The molecule has 1 unspecified atom stereocenters. The van der Waals surface area contributed by atoms with Crippen LogP contribution in [0.5, 0.6) is 0 Å². The lowest BCUT2D eigenvalue weighted by Gasteiger charge is -2.26. The fraction of sp³-hybridized carbons (Fsp3) is 0.250. The van der Waals surface area contributed by atoms with E-state index in [0.29, 0.717) is 0 Å². The van der Waals surface area contributed by atoms with Crippen LogP contribution in [-0.4, -0.2) is 0 Å². The molecule has 0 radical (unpaired) electrons. The van der Waals surface area contributed by atoms with Gasteiger partial charge in [0.2, 0.25) is 0 Å². The van der Waals surface area contributed by atoms with E-state index in [9.17, 15) is 0 Å². The van der Waals surface area contributed by atoms with Crippen molar-refractivity contribution in [3.8, 4) is 0 Å². The average Bonchev–Trinajstić information content (AvgIpc) is 2.39. The maximum absolute atomic E-state index is 6.50. The number of benzene rings is 2. The Morgan fingerprint density at radius 3 is 2.28 bits per heavy atom. The Morgan fingerprint density at radius 2 is 1.72 bits per heavy atom. The molecule has 0 saturated carbocycles. The quantitative estimate of drug-likeness (QED) is 0.902. The normalized spacial score (nSPS) is 14.2. The molecule has 0 bridgehead atoms. The molecule has 1 atom stereocenters. The van der Waals surface area contributed by atoms with Crippen LogP contribution in [0, 0.1) is 0 Å². The Labute approximate surface area is 117 Å². The second kappa shape index (κ2) is 5.25. The summed E-state index contributed by atoms with van der Waals surface area (Å²) in [5.41, 5.74) is 9.62. The number of hydrogen-bond acceptors (Lipinski definition) is 1. The molecule has 0 saturated heterocycles. The Hall–Kier alpha value is -1.12. The summed E-state index contributed by atoms with van der Waals surface area (Å²) < 4.78 is 1.06. The van der Waals surface area contributed by atoms with Gasteiger partial charge in [0.1, 0.15) is 0 Å². The van der Waals surface area contributed by atoms with Crippen LogP contribution in [0.2, 0.25) is 0 Å². The SMILES string of the molecule is CCc1ccc(C(C)(N)c2cccc(Br)c2)cc1. The standard InChI is InChI=1S/C16H18BrN/c1-3-12-7-9-13(10-8-12)16(2,18)14-5-4-6-15(17)11-14/h4-11H,3,18H2,1-2H3. The number of nitrogens with two attached hydrogens (primary N) is 1. The van der Waals surface area contributed by atoms with Crippen molar-refractivity contribution in [2.24, 2.45) is 5.73 Å². The van der Waals surface area contributed by atoms with Crippen molar-refractivity contribution in [2.45, 2.75) is 25.8 Å². The van der Waals surface area contributed by atoms with E-state index in [0.717, 1.165) is 22.0 Å². The highest BCUT2D eigenvalue weighted by Crippen LogP contribution is 2.28. The highest BCUT2D eigenvalue weighted by molar-refractivity contribution is 9.10. The Balaban J connectivity index is 2.40. The van der Waals surface area contributed by atoms with Crippen molar-refractivity contribution in [3.63, 3.8) is 0 Å². The number of hydrogen-bond donors (Lipinski definition) is 1. The third-order valence-electron chi connectivity index (χ3n) is 3.39. The van der Waals surface area contributed by atoms with Crippen molar-refractivity contribution in [1.29, 1.82) is 0 Å². The van der Waals surface area contributed by atoms with E-state index in [-0.39, 0.29) is 0 Å². The number of rotatable bonds is 3. The predicted molar refractivity (Wildman–Crippen MR) is 80.6 cm³/mol. The zero-order valence-corrected chi connectivity index (χ0v) is 12.4. The molecule has 18 heavy (non-hydrogen) atoms. The van der Waals surface area contributed by atoms with E-state index in [1.807, 2.05) is 12.1 Å². The molecule has 2 heteroatoms. The molecule has 0 fully saturated rings. The molecule has 0 amide bonds. The van der Waals surface area contributed by atoms with E-state index in [4.69, 9.17) is 5.73 Å². The lowest BCUT2D eigenvalue weighted by atomic mass is 9.85. The van der Waals surface area contributed by atoms with E-state index in [1.54, 1.807) is 0 Å². The van der Waals surface area contributed by atoms with E-state index in [1.165, 1.54) is 5.56 Å². The van der Waals surface area contributed by atoms with Gasteiger partial charge in [-0.1, -0.05) is 59.3 Å². The average molecular weight is 304 g/mol. The maximum atomic E-state index is 6.50. The highest BCUT2D eigenvalue weighted by Gasteiger charge is 2.23. The van der Waals surface area contributed by atoms with Gasteiger partial charge in [-0.15, -0.1) is 0 Å². The van der Waals surface area contributed by atoms with Crippen LogP contribution in [0.1, 0.15) is 30.5 Å². The fourth-order valence-corrected chi connectivity index (χ4v) is 2.46. The summed E-state index contributed by atoms with van der Waals surface area (Å²) in [7, 11) is 0. The van der Waals surface area contributed by atoms with E-state index in [2.05, 4.69) is 66.2 Å². The molecule has 0 aliphatic rings. The predicted octanol–water partition coefficient (Wildman–Crippen LogP) is 4.23. The first-order valence-electron chi connectivity index (χ1n) is 6.18. The summed E-state index contributed by atoms with van der Waals surface area (Å²) in [6.07, 6.45) is 1.05. The molecular formula is C16H18BrN. The fourth-order valence-electron chi connectivity index (χ4n) is 2.06. The second-order valence-corrected chi connectivity index (χ2v) is 5.68. The van der Waals surface area contributed by atoms with E-state index < -0.39 is 5.54 Å². The van der Waals surface area contributed by atoms with Crippen molar-refractivity contribution in [2.75, 3.05) is 0 Å². The monoisotopic (exact) mass is 303 g/mol. The molecule has 0 spiro atoms. The van der Waals surface area contributed by atoms with Gasteiger partial charge in [-0.2, -0.15) is 0 Å². The third kappa shape index (κ3) is 2.65. The highest BCUT2D eigenvalue weighted by atomic mass is 79.9. The van der Waals surface area contributed by atoms with Gasteiger partial charge >= 0.3 is 0 Å². The first-order chi connectivity index (χ1) is 8.54. The molecule has 0 heterocycles. The summed E-state index contributed by atoms with van der Waals surface area (Å²) in [4.78, 5) is 0. The summed E-state index contributed by atoms with van der Waals surface area (Å²) in [5, 5.41) is 0. The van der Waals surface area contributed by atoms with Crippen molar-refractivity contribution in [1.82, 2.24) is 0 Å². The van der Waals surface area contributed by atoms with Crippen molar-refractivity contribution < 1.29 is 0 Å². The lowest BCUT2D eigenvalue weighted by molar-refractivity contribution is 0.602. The molecule has 94 valence electrons. The van der Waals surface area contributed by atoms with Crippen LogP contribution in [-0.2, 0) is 12.0 Å². The number of halogens is 1. The summed E-state index contributed by atoms with van der Waals surface area (Å²) >= 11 is 3.49. The van der Waals surface area contributed by atoms with Crippen LogP contribution in [0.15, 0.2) is 53.0 Å². The second-order valence-electron chi connectivity index (χ2n) is 4.76.